The first kappa shape index (κ1) is 36.7. The number of ether oxygens (including phenoxy) is 2. The van der Waals surface area contributed by atoms with E-state index in [4.69, 9.17) is 19.4 Å². The molecule has 10 rings (SSSR count). The number of carbonyl (C=O) groups is 2. The number of fused-ring (bicyclic) bond motifs is 6. The number of imidazole rings is 2. The van der Waals surface area contributed by atoms with Gasteiger partial charge in [0.25, 0.3) is 0 Å². The molecule has 2 aliphatic heterocycles. The van der Waals surface area contributed by atoms with Crippen molar-refractivity contribution < 1.29 is 19.1 Å². The minimum absolute atomic E-state index is 0.0910. The van der Waals surface area contributed by atoms with Crippen LogP contribution in [0.25, 0.3) is 55.4 Å². The number of nitrogens with one attached hydrogen (secondary N) is 2. The average Bonchev–Trinajstić information content (AvgIpc) is 4.05. The molecule has 4 heterocycles. The second-order valence-electron chi connectivity index (χ2n) is 19.0. The fraction of sp³-hybridized carbons (Fsp3) is 0.417. The largest absolute Gasteiger partial charge is 0.444 e. The molecule has 4 aliphatic rings. The standard InChI is InChI=1S/C48H52N6O4/c1-47(2,3)57-45(55)53-35-19-15-33(23-35)41(53)43-49-37-21-17-31(25-39(37)51-43)29-11-7-27(8-12-29)28-9-13-30(14-10-28)32-18-22-38-40(26-32)52-44(50-38)42-34-16-20-36(24-34)54(42)46(56)58-48(4,5)6/h7-14,17-18,21-22,25-26,33-36,41-42H,15-16,19-20,23-24H2,1-6H3,(H,49,51)(H,50,52)/t33-,34-,35+,36+,41-,42-/m0/s1. The smallest absolute Gasteiger partial charge is 0.411 e. The molecule has 2 saturated heterocycles. The molecule has 6 atom stereocenters. The molecule has 2 aliphatic carbocycles. The lowest BCUT2D eigenvalue weighted by Crippen LogP contribution is -2.43. The number of aromatic nitrogens is 4. The van der Waals surface area contributed by atoms with Gasteiger partial charge >= 0.3 is 12.2 Å². The lowest BCUT2D eigenvalue weighted by molar-refractivity contribution is 0.00526. The molecule has 10 heteroatoms. The summed E-state index contributed by atoms with van der Waals surface area (Å²) in [4.78, 5) is 47.7. The van der Waals surface area contributed by atoms with Crippen molar-refractivity contribution in [3.05, 3.63) is 96.6 Å². The molecule has 4 bridgehead atoms. The van der Waals surface area contributed by atoms with Gasteiger partial charge in [-0.15, -0.1) is 0 Å². The van der Waals surface area contributed by atoms with Crippen LogP contribution < -0.4 is 0 Å². The normalized spacial score (nSPS) is 24.0. The Hall–Kier alpha value is -5.64. The Morgan fingerprint density at radius 3 is 1.24 bits per heavy atom. The van der Waals surface area contributed by atoms with Gasteiger partial charge in [0.15, 0.2) is 0 Å². The van der Waals surface area contributed by atoms with Crippen LogP contribution in [0.5, 0.6) is 0 Å². The van der Waals surface area contributed by atoms with Crippen LogP contribution in [-0.4, -0.2) is 65.2 Å². The average molecular weight is 777 g/mol. The highest BCUT2D eigenvalue weighted by Crippen LogP contribution is 2.51. The molecule has 0 spiro atoms. The number of H-pyrrole nitrogens is 2. The van der Waals surface area contributed by atoms with Crippen LogP contribution in [0.15, 0.2) is 84.9 Å². The second kappa shape index (κ2) is 13.5. The third-order valence-electron chi connectivity index (χ3n) is 12.7. The fourth-order valence-corrected chi connectivity index (χ4v) is 10.2. The Bertz CT molecular complexity index is 2360. The Balaban J connectivity index is 0.844. The molecule has 4 aromatic carbocycles. The molecule has 0 radical (unpaired) electrons. The van der Waals surface area contributed by atoms with Gasteiger partial charge in [-0.05, 0) is 150 Å². The zero-order valence-electron chi connectivity index (χ0n) is 34.2. The summed E-state index contributed by atoms with van der Waals surface area (Å²) in [7, 11) is 0. The van der Waals surface area contributed by atoms with Gasteiger partial charge in [0.1, 0.15) is 22.9 Å². The van der Waals surface area contributed by atoms with Gasteiger partial charge in [-0.1, -0.05) is 60.7 Å². The number of hydrogen-bond donors (Lipinski definition) is 2. The number of aromatic amines is 2. The van der Waals surface area contributed by atoms with Crippen molar-refractivity contribution in [2.75, 3.05) is 0 Å². The Morgan fingerprint density at radius 1 is 0.534 bits per heavy atom. The third kappa shape index (κ3) is 6.60. The molecule has 298 valence electrons. The Labute approximate surface area is 339 Å². The van der Waals surface area contributed by atoms with Crippen LogP contribution in [0.3, 0.4) is 0 Å². The molecule has 2 amide bonds. The maximum absolute atomic E-state index is 13.3. The van der Waals surface area contributed by atoms with Crippen LogP contribution in [0, 0.1) is 11.8 Å². The summed E-state index contributed by atoms with van der Waals surface area (Å²) in [6.07, 6.45) is 5.77. The molecular weight excluding hydrogens is 725 g/mol. The van der Waals surface area contributed by atoms with E-state index in [1.54, 1.807) is 0 Å². The minimum Gasteiger partial charge on any atom is -0.444 e. The number of rotatable bonds is 5. The number of amides is 2. The van der Waals surface area contributed by atoms with E-state index < -0.39 is 11.2 Å². The van der Waals surface area contributed by atoms with E-state index in [0.717, 1.165) is 106 Å². The summed E-state index contributed by atoms with van der Waals surface area (Å²) in [5.41, 5.74) is 9.42. The van der Waals surface area contributed by atoms with Crippen molar-refractivity contribution in [3.63, 3.8) is 0 Å². The van der Waals surface area contributed by atoms with Crippen LogP contribution >= 0.6 is 0 Å². The van der Waals surface area contributed by atoms with Gasteiger partial charge in [0.05, 0.1) is 34.2 Å². The van der Waals surface area contributed by atoms with Crippen molar-refractivity contribution >= 4 is 34.3 Å². The number of nitrogens with zero attached hydrogens (tertiary/aromatic N) is 4. The van der Waals surface area contributed by atoms with Crippen LogP contribution in [0.1, 0.15) is 104 Å². The minimum atomic E-state index is -0.543. The van der Waals surface area contributed by atoms with Gasteiger partial charge in [0.2, 0.25) is 0 Å². The third-order valence-corrected chi connectivity index (χ3v) is 12.7. The molecule has 58 heavy (non-hydrogen) atoms. The summed E-state index contributed by atoms with van der Waals surface area (Å²) < 4.78 is 11.7. The lowest BCUT2D eigenvalue weighted by atomic mass is 9.98. The van der Waals surface area contributed by atoms with Gasteiger partial charge in [-0.25, -0.2) is 19.6 Å². The monoisotopic (exact) mass is 776 g/mol. The SMILES string of the molecule is CC(C)(C)OC(=O)N1[C@@H]2CC[C@@H](C2)[C@H]1c1nc2ccc(-c3ccc(-c4ccc(-c5ccc6nc([C@@H]7[C@H]8CC[C@H](C8)N7C(=O)OC(C)(C)C)[nH]c6c5)cc4)cc3)cc2[nH]1. The quantitative estimate of drug-likeness (QED) is 0.180. The van der Waals surface area contributed by atoms with Gasteiger partial charge < -0.3 is 19.4 Å². The topological polar surface area (TPSA) is 116 Å². The number of hydrogen-bond acceptors (Lipinski definition) is 6. The van der Waals surface area contributed by atoms with Crippen molar-refractivity contribution in [1.82, 2.24) is 29.7 Å². The van der Waals surface area contributed by atoms with Crippen molar-refractivity contribution in [3.8, 4) is 33.4 Å². The summed E-state index contributed by atoms with van der Waals surface area (Å²) >= 11 is 0. The van der Waals surface area contributed by atoms with E-state index in [-0.39, 0.29) is 36.4 Å². The Kier molecular flexibility index (Phi) is 8.52. The summed E-state index contributed by atoms with van der Waals surface area (Å²) in [6.45, 7) is 11.5. The van der Waals surface area contributed by atoms with Crippen molar-refractivity contribution in [2.45, 2.75) is 115 Å². The summed E-state index contributed by atoms with van der Waals surface area (Å²) in [6, 6.07) is 30.3. The maximum Gasteiger partial charge on any atom is 0.411 e. The fourth-order valence-electron chi connectivity index (χ4n) is 10.2. The second-order valence-corrected chi connectivity index (χ2v) is 19.0. The van der Waals surface area contributed by atoms with Gasteiger partial charge in [-0.2, -0.15) is 0 Å². The molecule has 6 aromatic rings. The van der Waals surface area contributed by atoms with E-state index in [1.165, 1.54) is 0 Å². The highest BCUT2D eigenvalue weighted by molar-refractivity contribution is 5.85. The maximum atomic E-state index is 13.3. The number of carbonyl (C=O) groups excluding carboxylic acids is 2. The molecule has 4 fully saturated rings. The number of likely N-dealkylation sites (tertiary alicyclic amines) is 2. The van der Waals surface area contributed by atoms with E-state index in [2.05, 4.69) is 94.9 Å². The summed E-state index contributed by atoms with van der Waals surface area (Å²) in [5.74, 6) is 2.48. The first-order valence-electron chi connectivity index (χ1n) is 21.0. The van der Waals surface area contributed by atoms with Gasteiger partial charge in [0, 0.05) is 12.1 Å². The zero-order chi connectivity index (χ0) is 40.1. The number of piperidine rings is 2. The first-order chi connectivity index (χ1) is 27.7. The zero-order valence-corrected chi connectivity index (χ0v) is 34.2. The van der Waals surface area contributed by atoms with Crippen molar-refractivity contribution in [1.29, 1.82) is 0 Å². The molecule has 2 aromatic heterocycles. The highest BCUT2D eigenvalue weighted by Gasteiger charge is 2.52. The molecule has 10 nitrogen and oxygen atoms in total. The summed E-state index contributed by atoms with van der Waals surface area (Å²) in [5, 5.41) is 0. The number of benzene rings is 4. The van der Waals surface area contributed by atoms with Crippen LogP contribution in [-0.2, 0) is 9.47 Å². The molecule has 2 saturated carbocycles. The predicted molar refractivity (Wildman–Crippen MR) is 226 cm³/mol. The highest BCUT2D eigenvalue weighted by atomic mass is 16.6. The van der Waals surface area contributed by atoms with Crippen LogP contribution in [0.2, 0.25) is 0 Å². The van der Waals surface area contributed by atoms with E-state index in [1.807, 2.05) is 51.3 Å². The van der Waals surface area contributed by atoms with E-state index in [0.29, 0.717) is 11.8 Å². The lowest BCUT2D eigenvalue weighted by Gasteiger charge is -2.35. The predicted octanol–water partition coefficient (Wildman–Crippen LogP) is 11.4. The van der Waals surface area contributed by atoms with Gasteiger partial charge in [-0.3, -0.25) is 9.80 Å². The van der Waals surface area contributed by atoms with Crippen LogP contribution in [0.4, 0.5) is 9.59 Å². The van der Waals surface area contributed by atoms with E-state index in [9.17, 15) is 9.59 Å². The van der Waals surface area contributed by atoms with Crippen molar-refractivity contribution in [2.24, 2.45) is 11.8 Å². The first-order valence-corrected chi connectivity index (χ1v) is 21.0. The molecule has 0 unspecified atom stereocenters. The molecular formula is C48H52N6O4. The molecule has 2 N–H and O–H groups in total. The van der Waals surface area contributed by atoms with E-state index >= 15 is 0 Å². The Morgan fingerprint density at radius 2 is 0.879 bits per heavy atom.